The van der Waals surface area contributed by atoms with Crippen LogP contribution in [0.5, 0.6) is 0 Å². The zero-order valence-electron chi connectivity index (χ0n) is 11.9. The lowest BCUT2D eigenvalue weighted by Crippen LogP contribution is -2.29. The number of aryl methyl sites for hydroxylation is 2. The van der Waals surface area contributed by atoms with Gasteiger partial charge < -0.3 is 10.1 Å². The number of nitrogens with one attached hydrogen (secondary N) is 1. The van der Waals surface area contributed by atoms with Crippen LogP contribution in [-0.2, 0) is 9.53 Å². The molecular weight excluding hydrogens is 240 g/mol. The summed E-state index contributed by atoms with van der Waals surface area (Å²) in [6, 6.07) is 5.59. The molecular formula is C15H20N2O2. The fourth-order valence-electron chi connectivity index (χ4n) is 1.77. The fourth-order valence-corrected chi connectivity index (χ4v) is 1.77. The van der Waals surface area contributed by atoms with E-state index in [0.717, 1.165) is 16.8 Å². The molecule has 0 saturated heterocycles. The van der Waals surface area contributed by atoms with E-state index in [4.69, 9.17) is 10.00 Å². The molecule has 0 fully saturated rings. The molecule has 0 amide bonds. The highest BCUT2D eigenvalue weighted by Gasteiger charge is 2.16. The van der Waals surface area contributed by atoms with Crippen LogP contribution in [0.1, 0.15) is 30.0 Å². The minimum absolute atomic E-state index is 0.146. The predicted octanol–water partition coefficient (Wildman–Crippen LogP) is 2.87. The number of nitriles is 1. The summed E-state index contributed by atoms with van der Waals surface area (Å²) in [5.41, 5.74) is 4.39. The van der Waals surface area contributed by atoms with Crippen molar-refractivity contribution in [3.05, 3.63) is 28.8 Å². The summed E-state index contributed by atoms with van der Waals surface area (Å²) >= 11 is 0. The standard InChI is InChI=1S/C15H20N2O2/c1-10-6-7-11(2)14(12(10)3)17-13(4)15(18)19-9-5-8-16/h6-7,13,17H,5,9H2,1-4H3/t13-/m0/s1. The van der Waals surface area contributed by atoms with Crippen LogP contribution in [0.25, 0.3) is 0 Å². The topological polar surface area (TPSA) is 62.1 Å². The van der Waals surface area contributed by atoms with E-state index in [1.165, 1.54) is 5.56 Å². The highest BCUT2D eigenvalue weighted by molar-refractivity contribution is 5.79. The average Bonchev–Trinajstić information content (AvgIpc) is 2.39. The van der Waals surface area contributed by atoms with E-state index in [1.54, 1.807) is 6.92 Å². The Morgan fingerprint density at radius 1 is 1.37 bits per heavy atom. The molecule has 4 nitrogen and oxygen atoms in total. The van der Waals surface area contributed by atoms with Crippen molar-refractivity contribution >= 4 is 11.7 Å². The van der Waals surface area contributed by atoms with Gasteiger partial charge in [-0.25, -0.2) is 4.79 Å². The van der Waals surface area contributed by atoms with E-state index in [1.807, 2.05) is 32.9 Å². The van der Waals surface area contributed by atoms with Gasteiger partial charge in [-0.3, -0.25) is 0 Å². The fraction of sp³-hybridized carbons (Fsp3) is 0.467. The Hall–Kier alpha value is -2.02. The van der Waals surface area contributed by atoms with Gasteiger partial charge in [0.05, 0.1) is 12.5 Å². The zero-order valence-corrected chi connectivity index (χ0v) is 11.9. The highest BCUT2D eigenvalue weighted by Crippen LogP contribution is 2.23. The molecule has 0 heterocycles. The number of rotatable bonds is 5. The number of carbonyl (C=O) groups excluding carboxylic acids is 1. The van der Waals surface area contributed by atoms with Crippen molar-refractivity contribution in [3.8, 4) is 6.07 Å². The first kappa shape index (κ1) is 15.0. The Balaban J connectivity index is 2.72. The molecule has 0 aromatic heterocycles. The molecule has 4 heteroatoms. The minimum atomic E-state index is -0.433. The van der Waals surface area contributed by atoms with E-state index in [9.17, 15) is 4.79 Å². The second-order valence-electron chi connectivity index (χ2n) is 4.64. The molecule has 1 aromatic carbocycles. The summed E-state index contributed by atoms with van der Waals surface area (Å²) in [5, 5.41) is 11.6. The molecule has 0 radical (unpaired) electrons. The van der Waals surface area contributed by atoms with Crippen molar-refractivity contribution in [2.75, 3.05) is 11.9 Å². The molecule has 0 spiro atoms. The third kappa shape index (κ3) is 3.99. The Morgan fingerprint density at radius 2 is 2.00 bits per heavy atom. The van der Waals surface area contributed by atoms with Gasteiger partial charge in [0.25, 0.3) is 0 Å². The second-order valence-corrected chi connectivity index (χ2v) is 4.64. The van der Waals surface area contributed by atoms with Crippen LogP contribution in [0.15, 0.2) is 12.1 Å². The van der Waals surface area contributed by atoms with Crippen molar-refractivity contribution in [2.45, 2.75) is 40.2 Å². The number of carbonyl (C=O) groups is 1. The van der Waals surface area contributed by atoms with E-state index in [2.05, 4.69) is 11.4 Å². The maximum atomic E-state index is 11.7. The summed E-state index contributed by atoms with van der Waals surface area (Å²) < 4.78 is 5.00. The maximum Gasteiger partial charge on any atom is 0.328 e. The normalized spacial score (nSPS) is 11.5. The van der Waals surface area contributed by atoms with Gasteiger partial charge in [0.15, 0.2) is 0 Å². The Kier molecular flexibility index (Phi) is 5.37. The van der Waals surface area contributed by atoms with Gasteiger partial charge in [0.2, 0.25) is 0 Å². The SMILES string of the molecule is Cc1ccc(C)c(N[C@@H](C)C(=O)OCCC#N)c1C. The molecule has 0 aliphatic carbocycles. The van der Waals surface area contributed by atoms with E-state index in [-0.39, 0.29) is 19.0 Å². The van der Waals surface area contributed by atoms with Crippen LogP contribution in [0, 0.1) is 32.1 Å². The number of benzene rings is 1. The van der Waals surface area contributed by atoms with Crippen LogP contribution < -0.4 is 5.32 Å². The molecule has 1 atom stereocenters. The van der Waals surface area contributed by atoms with Gasteiger partial charge >= 0.3 is 5.97 Å². The van der Waals surface area contributed by atoms with E-state index >= 15 is 0 Å². The van der Waals surface area contributed by atoms with Gasteiger partial charge in [0.1, 0.15) is 12.6 Å². The van der Waals surface area contributed by atoms with E-state index in [0.29, 0.717) is 0 Å². The molecule has 0 aliphatic heterocycles. The van der Waals surface area contributed by atoms with Crippen molar-refractivity contribution in [3.63, 3.8) is 0 Å². The molecule has 0 aliphatic rings. The number of hydrogen-bond acceptors (Lipinski definition) is 4. The minimum Gasteiger partial charge on any atom is -0.463 e. The Morgan fingerprint density at radius 3 is 2.63 bits per heavy atom. The number of esters is 1. The zero-order chi connectivity index (χ0) is 14.4. The lowest BCUT2D eigenvalue weighted by molar-refractivity contribution is -0.143. The quantitative estimate of drug-likeness (QED) is 0.653. The summed E-state index contributed by atoms with van der Waals surface area (Å²) in [6.07, 6.45) is 0.223. The summed E-state index contributed by atoms with van der Waals surface area (Å²) in [5.74, 6) is -0.337. The average molecular weight is 260 g/mol. The molecule has 19 heavy (non-hydrogen) atoms. The molecule has 1 rings (SSSR count). The van der Waals surface area contributed by atoms with Gasteiger partial charge in [-0.1, -0.05) is 12.1 Å². The molecule has 0 unspecified atom stereocenters. The van der Waals surface area contributed by atoms with Crippen molar-refractivity contribution in [1.29, 1.82) is 5.26 Å². The first-order valence-electron chi connectivity index (χ1n) is 6.34. The van der Waals surface area contributed by atoms with Crippen LogP contribution in [-0.4, -0.2) is 18.6 Å². The summed E-state index contributed by atoms with van der Waals surface area (Å²) in [7, 11) is 0. The van der Waals surface area contributed by atoms with Gasteiger partial charge in [-0.2, -0.15) is 5.26 Å². The Bertz CT molecular complexity index is 504. The molecule has 1 aromatic rings. The highest BCUT2D eigenvalue weighted by atomic mass is 16.5. The number of anilines is 1. The van der Waals surface area contributed by atoms with Crippen LogP contribution in [0.4, 0.5) is 5.69 Å². The van der Waals surface area contributed by atoms with Crippen molar-refractivity contribution in [1.82, 2.24) is 0 Å². The van der Waals surface area contributed by atoms with Crippen LogP contribution >= 0.6 is 0 Å². The number of nitrogens with zero attached hydrogens (tertiary/aromatic N) is 1. The first-order valence-corrected chi connectivity index (χ1v) is 6.34. The maximum absolute atomic E-state index is 11.7. The lowest BCUT2D eigenvalue weighted by atomic mass is 10.0. The number of ether oxygens (including phenoxy) is 1. The third-order valence-corrected chi connectivity index (χ3v) is 3.12. The van der Waals surface area contributed by atoms with Crippen molar-refractivity contribution < 1.29 is 9.53 Å². The van der Waals surface area contributed by atoms with Crippen LogP contribution in [0.2, 0.25) is 0 Å². The largest absolute Gasteiger partial charge is 0.463 e. The second kappa shape index (κ2) is 6.79. The van der Waals surface area contributed by atoms with Crippen LogP contribution in [0.3, 0.4) is 0 Å². The van der Waals surface area contributed by atoms with Gasteiger partial charge in [-0.15, -0.1) is 0 Å². The van der Waals surface area contributed by atoms with Gasteiger partial charge in [0, 0.05) is 5.69 Å². The van der Waals surface area contributed by atoms with Gasteiger partial charge in [-0.05, 0) is 44.4 Å². The monoisotopic (exact) mass is 260 g/mol. The van der Waals surface area contributed by atoms with Crippen molar-refractivity contribution in [2.24, 2.45) is 0 Å². The molecule has 102 valence electrons. The van der Waals surface area contributed by atoms with E-state index < -0.39 is 6.04 Å². The molecule has 0 bridgehead atoms. The summed E-state index contributed by atoms with van der Waals surface area (Å²) in [6.45, 7) is 7.97. The first-order chi connectivity index (χ1) is 8.97. The lowest BCUT2D eigenvalue weighted by Gasteiger charge is -2.19. The predicted molar refractivity (Wildman–Crippen MR) is 74.9 cm³/mol. The molecule has 1 N–H and O–H groups in total. The number of hydrogen-bond donors (Lipinski definition) is 1. The summed E-state index contributed by atoms with van der Waals surface area (Å²) in [4.78, 5) is 11.7. The molecule has 0 saturated carbocycles. The Labute approximate surface area is 114 Å². The smallest absolute Gasteiger partial charge is 0.328 e. The third-order valence-electron chi connectivity index (χ3n) is 3.12.